The molecule has 1 aliphatic rings. The Kier molecular flexibility index (Phi) is 5.74. The van der Waals surface area contributed by atoms with Crippen LogP contribution >= 0.6 is 23.1 Å². The molecule has 7 nitrogen and oxygen atoms in total. The minimum Gasteiger partial charge on any atom is -0.376 e. The number of aromatic nitrogens is 3. The summed E-state index contributed by atoms with van der Waals surface area (Å²) in [5, 5.41) is 6.45. The summed E-state index contributed by atoms with van der Waals surface area (Å²) in [6, 6.07) is 7.40. The predicted octanol–water partition coefficient (Wildman–Crippen LogP) is 3.28. The van der Waals surface area contributed by atoms with E-state index in [4.69, 9.17) is 9.72 Å². The van der Waals surface area contributed by atoms with Crippen molar-refractivity contribution < 1.29 is 9.53 Å². The van der Waals surface area contributed by atoms with Gasteiger partial charge >= 0.3 is 0 Å². The van der Waals surface area contributed by atoms with Crippen molar-refractivity contribution in [1.82, 2.24) is 14.5 Å². The van der Waals surface area contributed by atoms with Crippen LogP contribution in [0.5, 0.6) is 0 Å². The first kappa shape index (κ1) is 19.1. The number of nitrogens with zero attached hydrogens (tertiary/aromatic N) is 3. The van der Waals surface area contributed by atoms with Crippen molar-refractivity contribution in [2.45, 2.75) is 43.3 Å². The van der Waals surface area contributed by atoms with Gasteiger partial charge in [0.25, 0.3) is 5.56 Å². The zero-order valence-corrected chi connectivity index (χ0v) is 17.0. The maximum absolute atomic E-state index is 13.1. The Hall–Kier alpha value is -2.23. The van der Waals surface area contributed by atoms with Gasteiger partial charge in [0.05, 0.1) is 29.2 Å². The van der Waals surface area contributed by atoms with Crippen LogP contribution in [0.15, 0.2) is 39.6 Å². The van der Waals surface area contributed by atoms with Crippen LogP contribution < -0.4 is 10.9 Å². The maximum Gasteiger partial charge on any atom is 0.262 e. The van der Waals surface area contributed by atoms with E-state index in [1.54, 1.807) is 4.57 Å². The Morgan fingerprint density at radius 2 is 2.25 bits per heavy atom. The minimum absolute atomic E-state index is 0.0409. The molecule has 28 heavy (non-hydrogen) atoms. The van der Waals surface area contributed by atoms with Crippen LogP contribution in [0.4, 0.5) is 5.13 Å². The standard InChI is InChI=1S/C19H20N4O3S2/c1-12(24)20-18-21-13(10-27-18)11-28-19-22-16-7-3-2-6-15(16)17(25)23(19)9-14-5-4-8-26-14/h2-3,6-7,10,14H,4-5,8-9,11H2,1H3,(H,20,21,24)/t14-/m1/s1. The number of nitrogens with one attached hydrogen (secondary N) is 1. The summed E-state index contributed by atoms with van der Waals surface area (Å²) in [6.45, 7) is 2.71. The molecule has 1 aliphatic heterocycles. The molecule has 1 aromatic carbocycles. The normalized spacial score (nSPS) is 16.5. The molecule has 3 heterocycles. The number of anilines is 1. The highest BCUT2D eigenvalue weighted by atomic mass is 32.2. The molecule has 1 N–H and O–H groups in total. The molecule has 0 radical (unpaired) electrons. The van der Waals surface area contributed by atoms with Gasteiger partial charge in [0.2, 0.25) is 5.91 Å². The van der Waals surface area contributed by atoms with Crippen LogP contribution in [0, 0.1) is 0 Å². The average molecular weight is 417 g/mol. The highest BCUT2D eigenvalue weighted by molar-refractivity contribution is 7.98. The highest BCUT2D eigenvalue weighted by Crippen LogP contribution is 2.26. The van der Waals surface area contributed by atoms with Gasteiger partial charge in [-0.15, -0.1) is 11.3 Å². The molecular formula is C19H20N4O3S2. The van der Waals surface area contributed by atoms with E-state index >= 15 is 0 Å². The molecule has 0 spiro atoms. The lowest BCUT2D eigenvalue weighted by molar-refractivity contribution is -0.114. The minimum atomic E-state index is -0.143. The zero-order chi connectivity index (χ0) is 19.5. The Morgan fingerprint density at radius 1 is 1.39 bits per heavy atom. The summed E-state index contributed by atoms with van der Waals surface area (Å²) in [4.78, 5) is 33.4. The second-order valence-electron chi connectivity index (χ2n) is 6.58. The largest absolute Gasteiger partial charge is 0.376 e. The third-order valence-corrected chi connectivity index (χ3v) is 6.24. The van der Waals surface area contributed by atoms with Crippen LogP contribution in [-0.4, -0.2) is 33.2 Å². The van der Waals surface area contributed by atoms with Gasteiger partial charge in [-0.1, -0.05) is 23.9 Å². The number of rotatable bonds is 6. The van der Waals surface area contributed by atoms with Crippen molar-refractivity contribution in [2.75, 3.05) is 11.9 Å². The Bertz CT molecular complexity index is 1060. The monoisotopic (exact) mass is 416 g/mol. The number of benzene rings is 1. The summed E-state index contributed by atoms with van der Waals surface area (Å²) in [6.07, 6.45) is 2.02. The molecule has 0 aliphatic carbocycles. The number of carbonyl (C=O) groups is 1. The number of amides is 1. The lowest BCUT2D eigenvalue weighted by Gasteiger charge is -2.16. The summed E-state index contributed by atoms with van der Waals surface area (Å²) >= 11 is 2.86. The number of hydrogen-bond acceptors (Lipinski definition) is 7. The Labute approximate surface area is 170 Å². The molecule has 1 fully saturated rings. The number of thioether (sulfide) groups is 1. The van der Waals surface area contributed by atoms with Gasteiger partial charge in [-0.2, -0.15) is 0 Å². The van der Waals surface area contributed by atoms with Crippen LogP contribution in [0.2, 0.25) is 0 Å². The van der Waals surface area contributed by atoms with Gasteiger partial charge in [0.15, 0.2) is 10.3 Å². The number of hydrogen-bond donors (Lipinski definition) is 1. The topological polar surface area (TPSA) is 86.1 Å². The van der Waals surface area contributed by atoms with Crippen molar-refractivity contribution in [3.63, 3.8) is 0 Å². The molecule has 9 heteroatoms. The number of para-hydroxylation sites is 1. The van der Waals surface area contributed by atoms with Crippen LogP contribution in [0.25, 0.3) is 10.9 Å². The second-order valence-corrected chi connectivity index (χ2v) is 8.38. The SMILES string of the molecule is CC(=O)Nc1nc(CSc2nc3ccccc3c(=O)n2C[C@H]2CCCO2)cs1. The van der Waals surface area contributed by atoms with Gasteiger partial charge < -0.3 is 10.1 Å². The van der Waals surface area contributed by atoms with Gasteiger partial charge in [-0.3, -0.25) is 14.2 Å². The molecular weight excluding hydrogens is 396 g/mol. The van der Waals surface area contributed by atoms with Crippen molar-refractivity contribution >= 4 is 45.0 Å². The molecule has 146 valence electrons. The van der Waals surface area contributed by atoms with Crippen molar-refractivity contribution in [1.29, 1.82) is 0 Å². The Balaban J connectivity index is 1.61. The molecule has 4 rings (SSSR count). The number of thiazole rings is 1. The first-order valence-electron chi connectivity index (χ1n) is 9.06. The van der Waals surface area contributed by atoms with Crippen LogP contribution in [-0.2, 0) is 21.8 Å². The Morgan fingerprint density at radius 3 is 3.04 bits per heavy atom. The van der Waals surface area contributed by atoms with E-state index < -0.39 is 0 Å². The van der Waals surface area contributed by atoms with Gasteiger partial charge in [-0.05, 0) is 25.0 Å². The van der Waals surface area contributed by atoms with E-state index in [9.17, 15) is 9.59 Å². The third-order valence-electron chi connectivity index (χ3n) is 4.42. The van der Waals surface area contributed by atoms with Gasteiger partial charge in [-0.25, -0.2) is 9.97 Å². The summed E-state index contributed by atoms with van der Waals surface area (Å²) in [5.74, 6) is 0.419. The first-order valence-corrected chi connectivity index (χ1v) is 10.9. The number of fused-ring (bicyclic) bond motifs is 1. The molecule has 2 aromatic heterocycles. The molecule has 1 saturated heterocycles. The lowest BCUT2D eigenvalue weighted by atomic mass is 10.2. The fraction of sp³-hybridized carbons (Fsp3) is 0.368. The average Bonchev–Trinajstić information content (AvgIpc) is 3.34. The number of carbonyl (C=O) groups excluding carboxylic acids is 1. The first-order chi connectivity index (χ1) is 13.6. The lowest BCUT2D eigenvalue weighted by Crippen LogP contribution is -2.28. The highest BCUT2D eigenvalue weighted by Gasteiger charge is 2.20. The van der Waals surface area contributed by atoms with Gasteiger partial charge in [0.1, 0.15) is 0 Å². The quantitative estimate of drug-likeness (QED) is 0.490. The van der Waals surface area contributed by atoms with Crippen LogP contribution in [0.3, 0.4) is 0 Å². The van der Waals surface area contributed by atoms with E-state index in [2.05, 4.69) is 10.3 Å². The van der Waals surface area contributed by atoms with Gasteiger partial charge in [0, 0.05) is 24.7 Å². The van der Waals surface area contributed by atoms with Crippen LogP contribution in [0.1, 0.15) is 25.5 Å². The smallest absolute Gasteiger partial charge is 0.262 e. The maximum atomic E-state index is 13.1. The zero-order valence-electron chi connectivity index (χ0n) is 15.4. The second kappa shape index (κ2) is 8.42. The van der Waals surface area contributed by atoms with E-state index in [1.165, 1.54) is 30.0 Å². The summed E-state index contributed by atoms with van der Waals surface area (Å²) in [7, 11) is 0. The van der Waals surface area contributed by atoms with E-state index in [1.807, 2.05) is 29.6 Å². The van der Waals surface area contributed by atoms with Crippen molar-refractivity contribution in [3.05, 3.63) is 45.7 Å². The van der Waals surface area contributed by atoms with Crippen molar-refractivity contribution in [3.8, 4) is 0 Å². The third kappa shape index (κ3) is 4.26. The fourth-order valence-electron chi connectivity index (χ4n) is 3.13. The molecule has 0 bridgehead atoms. The molecule has 1 atom stereocenters. The molecule has 0 saturated carbocycles. The molecule has 0 unspecified atom stereocenters. The van der Waals surface area contributed by atoms with E-state index in [0.717, 1.165) is 25.1 Å². The number of ether oxygens (including phenoxy) is 1. The molecule has 1 amide bonds. The van der Waals surface area contributed by atoms with E-state index in [0.29, 0.717) is 33.5 Å². The summed E-state index contributed by atoms with van der Waals surface area (Å²) in [5.41, 5.74) is 1.49. The fourth-order valence-corrected chi connectivity index (χ4v) is 4.89. The predicted molar refractivity (Wildman–Crippen MR) is 111 cm³/mol. The van der Waals surface area contributed by atoms with Crippen molar-refractivity contribution in [2.24, 2.45) is 0 Å². The summed E-state index contributed by atoms with van der Waals surface area (Å²) < 4.78 is 7.46. The molecule has 3 aromatic rings. The van der Waals surface area contributed by atoms with E-state index in [-0.39, 0.29) is 17.6 Å².